The van der Waals surface area contributed by atoms with Gasteiger partial charge in [0.05, 0.1) is 17.6 Å². The van der Waals surface area contributed by atoms with Gasteiger partial charge in [-0.2, -0.15) is 13.2 Å². The Hall–Kier alpha value is -1.46. The second kappa shape index (κ2) is 3.51. The zero-order valence-corrected chi connectivity index (χ0v) is 9.60. The van der Waals surface area contributed by atoms with Gasteiger partial charge in [0.2, 0.25) is 0 Å². The fourth-order valence-electron chi connectivity index (χ4n) is 1.65. The molecule has 3 nitrogen and oxygen atoms in total. The molecule has 1 aliphatic carbocycles. The maximum atomic E-state index is 12.5. The molecule has 0 amide bonds. The van der Waals surface area contributed by atoms with Crippen LogP contribution in [0.4, 0.5) is 24.5 Å². The lowest BCUT2D eigenvalue weighted by molar-refractivity contribution is -0.141. The minimum atomic E-state index is -4.44. The van der Waals surface area contributed by atoms with Crippen molar-refractivity contribution in [1.29, 1.82) is 0 Å². The summed E-state index contributed by atoms with van der Waals surface area (Å²) in [6.45, 7) is 4.10. The first kappa shape index (κ1) is 12.0. The van der Waals surface area contributed by atoms with E-state index in [1.54, 1.807) is 0 Å². The standard InChI is InChI=1S/C11H14F3N3/c1-10(2)4-9(10)17-7-3-8(11(12,13)14)16-5-6(7)15/h3,5,9H,4,15H2,1-2H3,(H,16,17). The molecule has 2 rings (SSSR count). The summed E-state index contributed by atoms with van der Waals surface area (Å²) in [6, 6.07) is 1.14. The van der Waals surface area contributed by atoms with Crippen LogP contribution in [0.3, 0.4) is 0 Å². The zero-order chi connectivity index (χ0) is 12.8. The lowest BCUT2D eigenvalue weighted by atomic mass is 10.2. The molecule has 0 bridgehead atoms. The molecule has 94 valence electrons. The Morgan fingerprint density at radius 2 is 2.06 bits per heavy atom. The number of anilines is 2. The maximum absolute atomic E-state index is 12.5. The molecule has 1 unspecified atom stereocenters. The van der Waals surface area contributed by atoms with E-state index in [-0.39, 0.29) is 17.1 Å². The molecule has 1 fully saturated rings. The number of alkyl halides is 3. The fourth-order valence-corrected chi connectivity index (χ4v) is 1.65. The van der Waals surface area contributed by atoms with E-state index in [1.807, 2.05) is 13.8 Å². The van der Waals surface area contributed by atoms with Crippen LogP contribution in [0.25, 0.3) is 0 Å². The Kier molecular flexibility index (Phi) is 2.48. The van der Waals surface area contributed by atoms with Gasteiger partial charge in [-0.3, -0.25) is 0 Å². The molecule has 0 radical (unpaired) electrons. The SMILES string of the molecule is CC1(C)CC1Nc1cc(C(F)(F)F)ncc1N. The van der Waals surface area contributed by atoms with Gasteiger partial charge in [0.1, 0.15) is 5.69 Å². The first-order valence-electron chi connectivity index (χ1n) is 5.29. The quantitative estimate of drug-likeness (QED) is 0.842. The van der Waals surface area contributed by atoms with Gasteiger partial charge in [-0.05, 0) is 17.9 Å². The highest BCUT2D eigenvalue weighted by Crippen LogP contribution is 2.47. The summed E-state index contributed by atoms with van der Waals surface area (Å²) in [7, 11) is 0. The van der Waals surface area contributed by atoms with Crippen molar-refractivity contribution in [3.8, 4) is 0 Å². The van der Waals surface area contributed by atoms with Crippen molar-refractivity contribution in [3.05, 3.63) is 18.0 Å². The van der Waals surface area contributed by atoms with Crippen LogP contribution in [-0.4, -0.2) is 11.0 Å². The summed E-state index contributed by atoms with van der Waals surface area (Å²) in [4.78, 5) is 3.28. The summed E-state index contributed by atoms with van der Waals surface area (Å²) < 4.78 is 37.4. The zero-order valence-electron chi connectivity index (χ0n) is 9.60. The molecule has 1 aromatic heterocycles. The minimum absolute atomic E-state index is 0.119. The Labute approximate surface area is 97.2 Å². The predicted octanol–water partition coefficient (Wildman–Crippen LogP) is 2.89. The number of nitrogens with two attached hydrogens (primary N) is 1. The average molecular weight is 245 g/mol. The Balaban J connectivity index is 2.22. The predicted molar refractivity (Wildman–Crippen MR) is 59.5 cm³/mol. The number of nitrogen functional groups attached to an aromatic ring is 1. The third-order valence-corrected chi connectivity index (χ3v) is 3.07. The minimum Gasteiger partial charge on any atom is -0.396 e. The van der Waals surface area contributed by atoms with Crippen LogP contribution in [0.1, 0.15) is 26.0 Å². The molecular formula is C11H14F3N3. The molecule has 0 aromatic carbocycles. The largest absolute Gasteiger partial charge is 0.433 e. The van der Waals surface area contributed by atoms with Gasteiger partial charge in [0, 0.05) is 6.04 Å². The van der Waals surface area contributed by atoms with E-state index in [9.17, 15) is 13.2 Å². The molecule has 1 atom stereocenters. The fraction of sp³-hybridized carbons (Fsp3) is 0.545. The molecule has 0 spiro atoms. The van der Waals surface area contributed by atoms with Crippen molar-refractivity contribution in [2.45, 2.75) is 32.5 Å². The number of halogens is 3. The Morgan fingerprint density at radius 3 is 2.53 bits per heavy atom. The lowest BCUT2D eigenvalue weighted by Gasteiger charge is -2.13. The van der Waals surface area contributed by atoms with Crippen molar-refractivity contribution < 1.29 is 13.2 Å². The summed E-state index contributed by atoms with van der Waals surface area (Å²) >= 11 is 0. The van der Waals surface area contributed by atoms with E-state index < -0.39 is 11.9 Å². The van der Waals surface area contributed by atoms with Crippen LogP contribution in [-0.2, 0) is 6.18 Å². The van der Waals surface area contributed by atoms with E-state index in [2.05, 4.69) is 10.3 Å². The molecule has 0 saturated heterocycles. The summed E-state index contributed by atoms with van der Waals surface area (Å²) in [6.07, 6.45) is -2.47. The number of hydrogen-bond donors (Lipinski definition) is 2. The average Bonchev–Trinajstić information content (AvgIpc) is 2.75. The monoisotopic (exact) mass is 245 g/mol. The highest BCUT2D eigenvalue weighted by molar-refractivity contribution is 5.66. The first-order valence-corrected chi connectivity index (χ1v) is 5.29. The van der Waals surface area contributed by atoms with Gasteiger partial charge in [-0.1, -0.05) is 13.8 Å². The summed E-state index contributed by atoms with van der Waals surface area (Å²) in [5.41, 5.74) is 5.35. The third-order valence-electron chi connectivity index (χ3n) is 3.07. The molecule has 3 N–H and O–H groups in total. The van der Waals surface area contributed by atoms with Crippen LogP contribution in [0.2, 0.25) is 0 Å². The smallest absolute Gasteiger partial charge is 0.396 e. The van der Waals surface area contributed by atoms with E-state index in [4.69, 9.17) is 5.73 Å². The molecule has 6 heteroatoms. The third kappa shape index (κ3) is 2.45. The first-order chi connectivity index (χ1) is 7.70. The van der Waals surface area contributed by atoms with E-state index in [0.717, 1.165) is 18.7 Å². The molecule has 1 aliphatic rings. The van der Waals surface area contributed by atoms with Crippen molar-refractivity contribution in [2.75, 3.05) is 11.1 Å². The van der Waals surface area contributed by atoms with Crippen LogP contribution in [0, 0.1) is 5.41 Å². The van der Waals surface area contributed by atoms with Crippen LogP contribution < -0.4 is 11.1 Å². The van der Waals surface area contributed by atoms with Crippen LogP contribution >= 0.6 is 0 Å². The highest BCUT2D eigenvalue weighted by atomic mass is 19.4. The number of nitrogens with zero attached hydrogens (tertiary/aromatic N) is 1. The normalized spacial score (nSPS) is 22.3. The lowest BCUT2D eigenvalue weighted by Crippen LogP contribution is -2.13. The molecule has 1 saturated carbocycles. The van der Waals surface area contributed by atoms with Gasteiger partial charge >= 0.3 is 6.18 Å². The van der Waals surface area contributed by atoms with Crippen LogP contribution in [0.5, 0.6) is 0 Å². The van der Waals surface area contributed by atoms with Gasteiger partial charge in [-0.15, -0.1) is 0 Å². The van der Waals surface area contributed by atoms with Crippen LogP contribution in [0.15, 0.2) is 12.3 Å². The molecular weight excluding hydrogens is 231 g/mol. The molecule has 17 heavy (non-hydrogen) atoms. The van der Waals surface area contributed by atoms with E-state index >= 15 is 0 Å². The summed E-state index contributed by atoms with van der Waals surface area (Å²) in [5.74, 6) is 0. The Morgan fingerprint density at radius 1 is 1.47 bits per heavy atom. The number of hydrogen-bond acceptors (Lipinski definition) is 3. The van der Waals surface area contributed by atoms with Gasteiger partial charge in [0.15, 0.2) is 0 Å². The molecule has 1 aromatic rings. The number of rotatable bonds is 2. The van der Waals surface area contributed by atoms with Crippen molar-refractivity contribution in [1.82, 2.24) is 4.98 Å². The topological polar surface area (TPSA) is 50.9 Å². The second-order valence-electron chi connectivity index (χ2n) is 5.04. The van der Waals surface area contributed by atoms with Crippen molar-refractivity contribution in [3.63, 3.8) is 0 Å². The van der Waals surface area contributed by atoms with Gasteiger partial charge in [0.25, 0.3) is 0 Å². The highest BCUT2D eigenvalue weighted by Gasteiger charge is 2.46. The van der Waals surface area contributed by atoms with E-state index in [1.165, 1.54) is 0 Å². The number of nitrogens with one attached hydrogen (secondary N) is 1. The molecule has 1 heterocycles. The molecule has 0 aliphatic heterocycles. The van der Waals surface area contributed by atoms with Crippen molar-refractivity contribution >= 4 is 11.4 Å². The van der Waals surface area contributed by atoms with Gasteiger partial charge in [-0.25, -0.2) is 4.98 Å². The number of aromatic nitrogens is 1. The van der Waals surface area contributed by atoms with Crippen molar-refractivity contribution in [2.24, 2.45) is 5.41 Å². The maximum Gasteiger partial charge on any atom is 0.433 e. The van der Waals surface area contributed by atoms with Gasteiger partial charge < -0.3 is 11.1 Å². The number of pyridine rings is 1. The Bertz CT molecular complexity index is 440. The second-order valence-corrected chi connectivity index (χ2v) is 5.04. The summed E-state index contributed by atoms with van der Waals surface area (Å²) in [5, 5.41) is 3.02. The van der Waals surface area contributed by atoms with E-state index in [0.29, 0.717) is 5.69 Å².